The highest BCUT2D eigenvalue weighted by molar-refractivity contribution is 9.11. The Morgan fingerprint density at radius 1 is 1.09 bits per heavy atom. The second kappa shape index (κ2) is 13.4. The summed E-state index contributed by atoms with van der Waals surface area (Å²) in [6, 6.07) is 8.59. The molecule has 1 aromatic heterocycles. The summed E-state index contributed by atoms with van der Waals surface area (Å²) in [6.07, 6.45) is -1.92. The molecular weight excluding hydrogens is 695 g/mol. The number of anilines is 3. The number of benzene rings is 2. The molecule has 13 heteroatoms. The van der Waals surface area contributed by atoms with Gasteiger partial charge in [-0.25, -0.2) is 14.8 Å². The first kappa shape index (κ1) is 31.5. The van der Waals surface area contributed by atoms with Crippen LogP contribution in [0.3, 0.4) is 0 Å². The summed E-state index contributed by atoms with van der Waals surface area (Å²) in [6.45, 7) is 6.38. The lowest BCUT2D eigenvalue weighted by Crippen LogP contribution is -2.46. The molecule has 8 nitrogen and oxygen atoms in total. The molecule has 3 heterocycles. The van der Waals surface area contributed by atoms with E-state index in [1.54, 1.807) is 13.1 Å². The Hall–Kier alpha value is -2.90. The molecule has 0 radical (unpaired) electrons. The summed E-state index contributed by atoms with van der Waals surface area (Å²) >= 11 is 7.11. The van der Waals surface area contributed by atoms with Gasteiger partial charge in [-0.2, -0.15) is 13.2 Å². The van der Waals surface area contributed by atoms with Crippen LogP contribution in [0.4, 0.5) is 35.3 Å². The smallest absolute Gasteiger partial charge is 0.416 e. The highest BCUT2D eigenvalue weighted by atomic mass is 79.9. The van der Waals surface area contributed by atoms with Crippen molar-refractivity contribution in [3.8, 4) is 0 Å². The van der Waals surface area contributed by atoms with Crippen molar-refractivity contribution in [3.05, 3.63) is 73.9 Å². The van der Waals surface area contributed by atoms with E-state index in [2.05, 4.69) is 47.1 Å². The van der Waals surface area contributed by atoms with Crippen LogP contribution in [-0.2, 0) is 22.1 Å². The molecule has 0 saturated carbocycles. The van der Waals surface area contributed by atoms with Gasteiger partial charge in [-0.15, -0.1) is 0 Å². The van der Waals surface area contributed by atoms with E-state index < -0.39 is 23.9 Å². The summed E-state index contributed by atoms with van der Waals surface area (Å²) in [5, 5.41) is 3.32. The SMILES string of the molecule is CCOC(=O)N1c2ccc(C(F)(F)F)cc2[C@@H](Nc2ncc(N3CCOCC3)c(Cc3cc(Br)cc(Br)c3)n2)C[C@H]1CC. The van der Waals surface area contributed by atoms with E-state index >= 15 is 0 Å². The number of nitrogens with zero attached hydrogens (tertiary/aromatic N) is 4. The number of ether oxygens (including phenoxy) is 2. The number of carbonyl (C=O) groups excluding carboxylic acids is 1. The largest absolute Gasteiger partial charge is 0.449 e. The zero-order valence-corrected chi connectivity index (χ0v) is 26.9. The summed E-state index contributed by atoms with van der Waals surface area (Å²) in [4.78, 5) is 26.1. The number of morpholine rings is 1. The molecule has 1 fully saturated rings. The molecule has 2 aromatic carbocycles. The van der Waals surface area contributed by atoms with Crippen LogP contribution in [0.2, 0.25) is 0 Å². The quantitative estimate of drug-likeness (QED) is 0.267. The van der Waals surface area contributed by atoms with E-state index in [1.165, 1.54) is 11.0 Å². The molecule has 1 saturated heterocycles. The molecule has 0 aliphatic carbocycles. The Balaban J connectivity index is 1.54. The minimum atomic E-state index is -4.54. The number of alkyl halides is 3. The normalized spacial score (nSPS) is 18.8. The number of amides is 1. The fourth-order valence-corrected chi connectivity index (χ4v) is 6.99. The van der Waals surface area contributed by atoms with Gasteiger partial charge < -0.3 is 19.7 Å². The zero-order chi connectivity index (χ0) is 30.7. The summed E-state index contributed by atoms with van der Waals surface area (Å²) in [7, 11) is 0. The molecule has 43 heavy (non-hydrogen) atoms. The standard InChI is InChI=1S/C30H32Br2F3N5O3/c1-3-22-16-24(23-14-19(30(33,34)35)5-6-26(23)40(22)29(41)43-4-2)37-28-36-17-27(39-7-9-42-10-8-39)25(38-28)13-18-11-20(31)15-21(32)12-18/h5-6,11-12,14-15,17,22,24H,3-4,7-10,13,16H2,1-2H3,(H,36,37,38)/t22-,24+/m1/s1. The van der Waals surface area contributed by atoms with Crippen molar-refractivity contribution in [2.24, 2.45) is 0 Å². The third-order valence-corrected chi connectivity index (χ3v) is 8.51. The van der Waals surface area contributed by atoms with E-state index in [-0.39, 0.29) is 12.6 Å². The molecule has 2 aliphatic rings. The third kappa shape index (κ3) is 7.26. The molecule has 5 rings (SSSR count). The molecule has 1 N–H and O–H groups in total. The van der Waals surface area contributed by atoms with E-state index in [9.17, 15) is 18.0 Å². The van der Waals surface area contributed by atoms with Crippen molar-refractivity contribution in [2.75, 3.05) is 48.0 Å². The van der Waals surface area contributed by atoms with Gasteiger partial charge in [0.25, 0.3) is 0 Å². The van der Waals surface area contributed by atoms with Crippen LogP contribution < -0.4 is 15.1 Å². The molecule has 0 unspecified atom stereocenters. The maximum absolute atomic E-state index is 13.8. The zero-order valence-electron chi connectivity index (χ0n) is 23.8. The molecule has 0 bridgehead atoms. The van der Waals surface area contributed by atoms with Gasteiger partial charge in [0.15, 0.2) is 0 Å². The van der Waals surface area contributed by atoms with Crippen LogP contribution in [0.5, 0.6) is 0 Å². The Bertz CT molecular complexity index is 1450. The van der Waals surface area contributed by atoms with Crippen molar-refractivity contribution >= 4 is 55.3 Å². The number of halogens is 5. The molecule has 2 atom stereocenters. The first-order chi connectivity index (χ1) is 20.6. The minimum Gasteiger partial charge on any atom is -0.449 e. The van der Waals surface area contributed by atoms with Gasteiger partial charge in [0.2, 0.25) is 5.95 Å². The molecule has 0 spiro atoms. The van der Waals surface area contributed by atoms with Crippen molar-refractivity contribution in [2.45, 2.75) is 51.4 Å². The topological polar surface area (TPSA) is 79.8 Å². The number of hydrogen-bond donors (Lipinski definition) is 1. The summed E-state index contributed by atoms with van der Waals surface area (Å²) in [5.41, 5.74) is 2.62. The van der Waals surface area contributed by atoms with Crippen LogP contribution in [-0.4, -0.2) is 55.0 Å². The molecule has 1 amide bonds. The number of fused-ring (bicyclic) bond motifs is 1. The molecule has 2 aliphatic heterocycles. The maximum Gasteiger partial charge on any atom is 0.416 e. The van der Waals surface area contributed by atoms with Gasteiger partial charge in [-0.3, -0.25) is 4.90 Å². The van der Waals surface area contributed by atoms with Crippen LogP contribution in [0.1, 0.15) is 55.1 Å². The van der Waals surface area contributed by atoms with Crippen LogP contribution in [0.15, 0.2) is 51.5 Å². The number of hydrogen-bond acceptors (Lipinski definition) is 7. The Morgan fingerprint density at radius 2 is 1.81 bits per heavy atom. The monoisotopic (exact) mass is 725 g/mol. The maximum atomic E-state index is 13.8. The molecular formula is C30H32Br2F3N5O3. The summed E-state index contributed by atoms with van der Waals surface area (Å²) in [5.74, 6) is 0.300. The van der Waals surface area contributed by atoms with Crippen molar-refractivity contribution in [1.82, 2.24) is 9.97 Å². The molecule has 3 aromatic rings. The average molecular weight is 727 g/mol. The van der Waals surface area contributed by atoms with Crippen LogP contribution in [0, 0.1) is 0 Å². The van der Waals surface area contributed by atoms with Crippen molar-refractivity contribution < 1.29 is 27.4 Å². The lowest BCUT2D eigenvalue weighted by molar-refractivity contribution is -0.137. The van der Waals surface area contributed by atoms with Crippen molar-refractivity contribution in [3.63, 3.8) is 0 Å². The van der Waals surface area contributed by atoms with Crippen LogP contribution >= 0.6 is 31.9 Å². The number of carbonyl (C=O) groups is 1. The second-order valence-corrected chi connectivity index (χ2v) is 12.2. The lowest BCUT2D eigenvalue weighted by Gasteiger charge is -2.40. The first-order valence-electron chi connectivity index (χ1n) is 14.1. The highest BCUT2D eigenvalue weighted by Crippen LogP contribution is 2.43. The Labute approximate surface area is 265 Å². The second-order valence-electron chi connectivity index (χ2n) is 10.4. The van der Waals surface area contributed by atoms with Gasteiger partial charge in [0.1, 0.15) is 0 Å². The van der Waals surface area contributed by atoms with Crippen LogP contribution in [0.25, 0.3) is 0 Å². The minimum absolute atomic E-state index is 0.157. The van der Waals surface area contributed by atoms with E-state index in [4.69, 9.17) is 14.5 Å². The Morgan fingerprint density at radius 3 is 2.47 bits per heavy atom. The first-order valence-corrected chi connectivity index (χ1v) is 15.7. The molecule has 230 valence electrons. The number of nitrogens with one attached hydrogen (secondary N) is 1. The van der Waals surface area contributed by atoms with E-state index in [1.807, 2.05) is 25.1 Å². The Kier molecular flexibility index (Phi) is 9.82. The van der Waals surface area contributed by atoms with Gasteiger partial charge in [-0.05, 0) is 67.3 Å². The fourth-order valence-electron chi connectivity index (χ4n) is 5.60. The number of aromatic nitrogens is 2. The highest BCUT2D eigenvalue weighted by Gasteiger charge is 2.39. The summed E-state index contributed by atoms with van der Waals surface area (Å²) < 4.78 is 54.1. The van der Waals surface area contributed by atoms with Gasteiger partial charge in [0.05, 0.1) is 54.7 Å². The van der Waals surface area contributed by atoms with E-state index in [0.29, 0.717) is 62.8 Å². The van der Waals surface area contributed by atoms with E-state index in [0.717, 1.165) is 38.0 Å². The van der Waals surface area contributed by atoms with Gasteiger partial charge >= 0.3 is 12.3 Å². The lowest BCUT2D eigenvalue weighted by atomic mass is 9.89. The third-order valence-electron chi connectivity index (χ3n) is 7.59. The van der Waals surface area contributed by atoms with Gasteiger partial charge in [-0.1, -0.05) is 38.8 Å². The van der Waals surface area contributed by atoms with Crippen molar-refractivity contribution in [1.29, 1.82) is 0 Å². The predicted molar refractivity (Wildman–Crippen MR) is 166 cm³/mol. The number of rotatable bonds is 7. The average Bonchev–Trinajstić information content (AvgIpc) is 2.96. The predicted octanol–water partition coefficient (Wildman–Crippen LogP) is 7.75. The fraction of sp³-hybridized carbons (Fsp3) is 0.433. The van der Waals surface area contributed by atoms with Gasteiger partial charge in [0, 0.05) is 34.5 Å².